The lowest BCUT2D eigenvalue weighted by molar-refractivity contribution is 0.0174. The largest absolute Gasteiger partial charge is 0.466 e. The first kappa shape index (κ1) is 13.2. The van der Waals surface area contributed by atoms with Crippen LogP contribution in [0.1, 0.15) is 75.0 Å². The first-order valence-electron chi connectivity index (χ1n) is 7.94. The van der Waals surface area contributed by atoms with E-state index in [-0.39, 0.29) is 0 Å². The van der Waals surface area contributed by atoms with Gasteiger partial charge in [0, 0.05) is 17.6 Å². The maximum atomic E-state index is 5.67. The predicted molar refractivity (Wildman–Crippen MR) is 78.3 cm³/mol. The summed E-state index contributed by atoms with van der Waals surface area (Å²) in [6, 6.07) is 3.35. The van der Waals surface area contributed by atoms with Crippen molar-refractivity contribution in [2.24, 2.45) is 5.41 Å². The first-order chi connectivity index (χ1) is 9.11. The molecule has 2 atom stereocenters. The molecule has 0 bridgehead atoms. The van der Waals surface area contributed by atoms with E-state index in [2.05, 4.69) is 25.2 Å². The molecule has 3 rings (SSSR count). The van der Waals surface area contributed by atoms with Gasteiger partial charge in [-0.25, -0.2) is 0 Å². The molecular weight excluding hydrogens is 234 g/mol. The minimum Gasteiger partial charge on any atom is -0.466 e. The van der Waals surface area contributed by atoms with Crippen LogP contribution in [0.4, 0.5) is 0 Å². The molecule has 0 aromatic carbocycles. The van der Waals surface area contributed by atoms with Gasteiger partial charge in [0.1, 0.15) is 11.5 Å². The predicted octanol–water partition coefficient (Wildman–Crippen LogP) is 4.66. The summed E-state index contributed by atoms with van der Waals surface area (Å²) in [6.45, 7) is 6.40. The monoisotopic (exact) mass is 261 g/mol. The quantitative estimate of drug-likeness (QED) is 0.856. The Morgan fingerprint density at radius 3 is 2.47 bits per heavy atom. The normalized spacial score (nSPS) is 27.2. The molecule has 1 heterocycles. The second kappa shape index (κ2) is 4.97. The van der Waals surface area contributed by atoms with Crippen molar-refractivity contribution in [2.75, 3.05) is 0 Å². The average molecular weight is 261 g/mol. The molecule has 1 aromatic heterocycles. The lowest BCUT2D eigenvalue weighted by Crippen LogP contribution is -2.54. The van der Waals surface area contributed by atoms with Gasteiger partial charge >= 0.3 is 0 Å². The molecule has 0 aliphatic heterocycles. The van der Waals surface area contributed by atoms with Gasteiger partial charge < -0.3 is 9.73 Å². The van der Waals surface area contributed by atoms with Crippen molar-refractivity contribution in [2.45, 2.75) is 77.8 Å². The molecule has 1 N–H and O–H groups in total. The summed E-state index contributed by atoms with van der Waals surface area (Å²) in [5, 5.41) is 3.89. The van der Waals surface area contributed by atoms with Gasteiger partial charge in [-0.2, -0.15) is 0 Å². The van der Waals surface area contributed by atoms with Crippen LogP contribution in [0.25, 0.3) is 0 Å². The van der Waals surface area contributed by atoms with Crippen molar-refractivity contribution in [1.82, 2.24) is 5.32 Å². The number of furan rings is 1. The fourth-order valence-corrected chi connectivity index (χ4v) is 4.28. The number of aryl methyl sites for hydroxylation is 2. The molecule has 2 heteroatoms. The zero-order valence-corrected chi connectivity index (χ0v) is 12.6. The Morgan fingerprint density at radius 1 is 1.21 bits per heavy atom. The standard InChI is InChI=1S/C17H27NO/c1-12-11-15(14(3)19-12)13(2)18-16-7-10-17(16)8-5-4-6-9-17/h11,13,16,18H,4-10H2,1-3H3. The molecule has 2 saturated carbocycles. The Bertz CT molecular complexity index is 442. The van der Waals surface area contributed by atoms with E-state index in [0.717, 1.165) is 17.6 Å². The molecular formula is C17H27NO. The van der Waals surface area contributed by atoms with Crippen LogP contribution in [0.15, 0.2) is 10.5 Å². The highest BCUT2D eigenvalue weighted by molar-refractivity contribution is 5.24. The minimum absolute atomic E-state index is 0.418. The van der Waals surface area contributed by atoms with Gasteiger partial charge in [0.2, 0.25) is 0 Å². The van der Waals surface area contributed by atoms with Gasteiger partial charge in [0.25, 0.3) is 0 Å². The van der Waals surface area contributed by atoms with Crippen molar-refractivity contribution in [3.63, 3.8) is 0 Å². The van der Waals surface area contributed by atoms with E-state index in [9.17, 15) is 0 Å². The Kier molecular flexibility index (Phi) is 3.46. The Hall–Kier alpha value is -0.760. The average Bonchev–Trinajstić information content (AvgIpc) is 2.74. The zero-order chi connectivity index (χ0) is 13.5. The van der Waals surface area contributed by atoms with Gasteiger partial charge in [0.05, 0.1) is 0 Å². The van der Waals surface area contributed by atoms with E-state index in [1.54, 1.807) is 0 Å². The molecule has 2 aliphatic carbocycles. The van der Waals surface area contributed by atoms with Gasteiger partial charge in [-0.3, -0.25) is 0 Å². The lowest BCUT2D eigenvalue weighted by Gasteiger charge is -2.53. The van der Waals surface area contributed by atoms with Crippen LogP contribution in [-0.2, 0) is 0 Å². The topological polar surface area (TPSA) is 25.2 Å². The van der Waals surface area contributed by atoms with E-state index in [1.165, 1.54) is 50.5 Å². The summed E-state index contributed by atoms with van der Waals surface area (Å²) in [6.07, 6.45) is 10.0. The van der Waals surface area contributed by atoms with E-state index in [0.29, 0.717) is 11.5 Å². The Labute approximate surface area is 117 Å². The molecule has 0 radical (unpaired) electrons. The van der Waals surface area contributed by atoms with E-state index < -0.39 is 0 Å². The van der Waals surface area contributed by atoms with Crippen molar-refractivity contribution in [1.29, 1.82) is 0 Å². The highest BCUT2D eigenvalue weighted by Gasteiger charge is 2.47. The van der Waals surface area contributed by atoms with Gasteiger partial charge in [-0.15, -0.1) is 0 Å². The molecule has 0 saturated heterocycles. The SMILES string of the molecule is Cc1cc(C(C)NC2CCC23CCCCC3)c(C)o1. The zero-order valence-electron chi connectivity index (χ0n) is 12.6. The second-order valence-corrected chi connectivity index (χ2v) is 6.77. The van der Waals surface area contributed by atoms with Gasteiger partial charge in [-0.1, -0.05) is 19.3 Å². The number of hydrogen-bond donors (Lipinski definition) is 1. The highest BCUT2D eigenvalue weighted by Crippen LogP contribution is 2.52. The molecule has 2 unspecified atom stereocenters. The van der Waals surface area contributed by atoms with Crippen LogP contribution >= 0.6 is 0 Å². The summed E-state index contributed by atoms with van der Waals surface area (Å²) in [5.41, 5.74) is 1.98. The third-order valence-electron chi connectivity index (χ3n) is 5.52. The molecule has 1 aromatic rings. The molecule has 106 valence electrons. The Morgan fingerprint density at radius 2 is 1.95 bits per heavy atom. The third-order valence-corrected chi connectivity index (χ3v) is 5.52. The Balaban J connectivity index is 1.66. The minimum atomic E-state index is 0.418. The maximum Gasteiger partial charge on any atom is 0.105 e. The molecule has 19 heavy (non-hydrogen) atoms. The number of hydrogen-bond acceptors (Lipinski definition) is 2. The van der Waals surface area contributed by atoms with E-state index in [1.807, 2.05) is 6.92 Å². The van der Waals surface area contributed by atoms with Gasteiger partial charge in [0.15, 0.2) is 0 Å². The molecule has 2 nitrogen and oxygen atoms in total. The fraction of sp³-hybridized carbons (Fsp3) is 0.765. The summed E-state index contributed by atoms with van der Waals surface area (Å²) in [5.74, 6) is 2.11. The molecule has 0 amide bonds. The number of nitrogens with one attached hydrogen (secondary N) is 1. The first-order valence-corrected chi connectivity index (χ1v) is 7.94. The molecule has 2 fully saturated rings. The van der Waals surface area contributed by atoms with Crippen LogP contribution in [-0.4, -0.2) is 6.04 Å². The summed E-state index contributed by atoms with van der Waals surface area (Å²) < 4.78 is 5.67. The fourth-order valence-electron chi connectivity index (χ4n) is 4.28. The smallest absolute Gasteiger partial charge is 0.105 e. The van der Waals surface area contributed by atoms with Crippen LogP contribution < -0.4 is 5.32 Å². The van der Waals surface area contributed by atoms with E-state index in [4.69, 9.17) is 4.42 Å². The van der Waals surface area contributed by atoms with Crippen molar-refractivity contribution in [3.05, 3.63) is 23.2 Å². The lowest BCUT2D eigenvalue weighted by atomic mass is 9.57. The highest BCUT2D eigenvalue weighted by atomic mass is 16.3. The summed E-state index contributed by atoms with van der Waals surface area (Å²) in [4.78, 5) is 0. The maximum absolute atomic E-state index is 5.67. The molecule has 1 spiro atoms. The van der Waals surface area contributed by atoms with Crippen LogP contribution in [0, 0.1) is 19.3 Å². The van der Waals surface area contributed by atoms with Crippen LogP contribution in [0.2, 0.25) is 0 Å². The van der Waals surface area contributed by atoms with Crippen molar-refractivity contribution >= 4 is 0 Å². The second-order valence-electron chi connectivity index (χ2n) is 6.77. The molecule has 2 aliphatic rings. The third kappa shape index (κ3) is 2.35. The van der Waals surface area contributed by atoms with Gasteiger partial charge in [-0.05, 0) is 57.9 Å². The van der Waals surface area contributed by atoms with Crippen LogP contribution in [0.3, 0.4) is 0 Å². The van der Waals surface area contributed by atoms with Crippen molar-refractivity contribution in [3.8, 4) is 0 Å². The van der Waals surface area contributed by atoms with Crippen LogP contribution in [0.5, 0.6) is 0 Å². The van der Waals surface area contributed by atoms with E-state index >= 15 is 0 Å². The summed E-state index contributed by atoms with van der Waals surface area (Å²) >= 11 is 0. The van der Waals surface area contributed by atoms with Crippen molar-refractivity contribution < 1.29 is 4.42 Å². The summed E-state index contributed by atoms with van der Waals surface area (Å²) in [7, 11) is 0. The number of rotatable bonds is 3.